The van der Waals surface area contributed by atoms with E-state index in [1.807, 2.05) is 44.4 Å². The van der Waals surface area contributed by atoms with Crippen LogP contribution in [0.3, 0.4) is 0 Å². The molecule has 7 nitrogen and oxygen atoms in total. The summed E-state index contributed by atoms with van der Waals surface area (Å²) in [5.74, 6) is -0.228. The zero-order chi connectivity index (χ0) is 23.8. The normalized spacial score (nSPS) is 11.4. The monoisotopic (exact) mass is 467 g/mol. The van der Waals surface area contributed by atoms with Crippen LogP contribution in [0, 0.1) is 5.82 Å². The largest absolute Gasteiger partial charge is 0.508 e. The first-order valence-corrected chi connectivity index (χ1v) is 11.6. The summed E-state index contributed by atoms with van der Waals surface area (Å²) in [4.78, 5) is 25.6. The number of anilines is 1. The van der Waals surface area contributed by atoms with Gasteiger partial charge in [-0.05, 0) is 54.1 Å². The first-order valence-electron chi connectivity index (χ1n) is 10.7. The van der Waals surface area contributed by atoms with E-state index >= 15 is 0 Å². The molecule has 0 saturated carbocycles. The Balaban J connectivity index is 0.00000149. The number of nitrogens with one attached hydrogen (secondary N) is 2. The summed E-state index contributed by atoms with van der Waals surface area (Å²) in [5.41, 5.74) is 2.60. The number of hydrogen-bond acceptors (Lipinski definition) is 7. The number of benzene rings is 1. The predicted octanol–water partition coefficient (Wildman–Crippen LogP) is 5.10. The molecule has 0 saturated heterocycles. The third-order valence-electron chi connectivity index (χ3n) is 4.73. The Morgan fingerprint density at radius 2 is 1.91 bits per heavy atom. The van der Waals surface area contributed by atoms with E-state index in [2.05, 4.69) is 25.6 Å². The zero-order valence-corrected chi connectivity index (χ0v) is 19.5. The van der Waals surface area contributed by atoms with Crippen molar-refractivity contribution in [3.05, 3.63) is 76.8 Å². The molecule has 3 aromatic heterocycles. The lowest BCUT2D eigenvalue weighted by atomic mass is 10.1. The summed E-state index contributed by atoms with van der Waals surface area (Å²) in [6.45, 7) is 6.27. The molecule has 1 aromatic carbocycles. The van der Waals surface area contributed by atoms with Crippen LogP contribution < -0.4 is 10.6 Å². The Morgan fingerprint density at radius 3 is 2.64 bits per heavy atom. The summed E-state index contributed by atoms with van der Waals surface area (Å²) in [6, 6.07) is 9.78. The van der Waals surface area contributed by atoms with E-state index in [0.717, 1.165) is 11.8 Å². The molecule has 0 aliphatic heterocycles. The van der Waals surface area contributed by atoms with Gasteiger partial charge in [0.2, 0.25) is 5.95 Å². The Bertz CT molecular complexity index is 1210. The highest BCUT2D eigenvalue weighted by Crippen LogP contribution is 2.25. The number of thiophene rings is 1. The van der Waals surface area contributed by atoms with Gasteiger partial charge in [0.15, 0.2) is 5.69 Å². The fourth-order valence-electron chi connectivity index (χ4n) is 3.09. The summed E-state index contributed by atoms with van der Waals surface area (Å²) >= 11 is 1.40. The number of aromatic hydroxyl groups is 1. The molecule has 0 fully saturated rings. The van der Waals surface area contributed by atoms with Crippen LogP contribution in [0.2, 0.25) is 0 Å². The minimum Gasteiger partial charge on any atom is -0.508 e. The van der Waals surface area contributed by atoms with Crippen molar-refractivity contribution in [2.45, 2.75) is 33.2 Å². The van der Waals surface area contributed by atoms with Gasteiger partial charge >= 0.3 is 0 Å². The average Bonchev–Trinajstić information content (AvgIpc) is 3.30. The molecule has 172 valence electrons. The number of aromatic nitrogens is 3. The second-order valence-corrected chi connectivity index (χ2v) is 7.92. The molecule has 0 bridgehead atoms. The van der Waals surface area contributed by atoms with Crippen molar-refractivity contribution in [2.24, 2.45) is 0 Å². The molecule has 1 atom stereocenters. The molecule has 33 heavy (non-hydrogen) atoms. The number of carbonyl (C=O) groups excluding carboxylic acids is 1. The van der Waals surface area contributed by atoms with Gasteiger partial charge in [-0.3, -0.25) is 9.78 Å². The molecular weight excluding hydrogens is 441 g/mol. The molecule has 3 heterocycles. The molecule has 4 aromatic rings. The number of nitrogens with zero attached hydrogens (tertiary/aromatic N) is 3. The van der Waals surface area contributed by atoms with Gasteiger partial charge in [0.25, 0.3) is 5.91 Å². The zero-order valence-electron chi connectivity index (χ0n) is 18.7. The van der Waals surface area contributed by atoms with Crippen molar-refractivity contribution in [1.82, 2.24) is 20.3 Å². The van der Waals surface area contributed by atoms with Gasteiger partial charge < -0.3 is 15.7 Å². The lowest BCUT2D eigenvalue weighted by molar-refractivity contribution is 0.0951. The van der Waals surface area contributed by atoms with Gasteiger partial charge in [-0.15, -0.1) is 11.3 Å². The predicted molar refractivity (Wildman–Crippen MR) is 129 cm³/mol. The van der Waals surface area contributed by atoms with E-state index in [0.29, 0.717) is 28.7 Å². The topological polar surface area (TPSA) is 100 Å². The number of halogens is 1. The van der Waals surface area contributed by atoms with Gasteiger partial charge in [-0.2, -0.15) is 0 Å². The Labute approximate surface area is 195 Å². The van der Waals surface area contributed by atoms with Gasteiger partial charge in [0, 0.05) is 12.7 Å². The molecule has 1 amide bonds. The van der Waals surface area contributed by atoms with Crippen LogP contribution in [0.5, 0.6) is 5.75 Å². The van der Waals surface area contributed by atoms with Gasteiger partial charge in [-0.25, -0.2) is 14.4 Å². The van der Waals surface area contributed by atoms with Crippen molar-refractivity contribution in [2.75, 3.05) is 11.9 Å². The van der Waals surface area contributed by atoms with Crippen LogP contribution in [0.15, 0.2) is 54.2 Å². The number of phenols is 1. The summed E-state index contributed by atoms with van der Waals surface area (Å²) in [5, 5.41) is 17.2. The van der Waals surface area contributed by atoms with Crippen LogP contribution >= 0.6 is 11.3 Å². The number of pyridine rings is 1. The fraction of sp³-hybridized carbons (Fsp3) is 0.250. The molecule has 3 N–H and O–H groups in total. The minimum absolute atomic E-state index is 0.206. The van der Waals surface area contributed by atoms with Crippen LogP contribution in [-0.4, -0.2) is 32.5 Å². The maximum Gasteiger partial charge on any atom is 0.271 e. The molecule has 0 aliphatic carbocycles. The second kappa shape index (κ2) is 11.3. The van der Waals surface area contributed by atoms with E-state index in [-0.39, 0.29) is 29.3 Å². The third-order valence-corrected chi connectivity index (χ3v) is 5.64. The van der Waals surface area contributed by atoms with Gasteiger partial charge in [0.05, 0.1) is 22.5 Å². The lowest BCUT2D eigenvalue weighted by Gasteiger charge is -2.15. The van der Waals surface area contributed by atoms with Crippen molar-refractivity contribution in [3.63, 3.8) is 0 Å². The van der Waals surface area contributed by atoms with Crippen molar-refractivity contribution < 1.29 is 14.3 Å². The van der Waals surface area contributed by atoms with E-state index in [9.17, 15) is 14.3 Å². The highest BCUT2D eigenvalue weighted by atomic mass is 32.1. The summed E-state index contributed by atoms with van der Waals surface area (Å²) in [7, 11) is 0. The lowest BCUT2D eigenvalue weighted by Crippen LogP contribution is -2.27. The van der Waals surface area contributed by atoms with Crippen molar-refractivity contribution in [3.8, 4) is 5.75 Å². The van der Waals surface area contributed by atoms with E-state index in [1.165, 1.54) is 17.4 Å². The Kier molecular flexibility index (Phi) is 8.26. The SMILES string of the molecule is CC.CC(Nc1nc(C(=O)NCCc2ccc(O)cc2)c2sccc2n1)c1cncc(F)c1. The highest BCUT2D eigenvalue weighted by Gasteiger charge is 2.17. The number of rotatable bonds is 7. The smallest absolute Gasteiger partial charge is 0.271 e. The maximum absolute atomic E-state index is 13.5. The van der Waals surface area contributed by atoms with Crippen LogP contribution in [-0.2, 0) is 6.42 Å². The fourth-order valence-corrected chi connectivity index (χ4v) is 3.91. The first kappa shape index (κ1) is 24.1. The maximum atomic E-state index is 13.5. The van der Waals surface area contributed by atoms with Crippen molar-refractivity contribution in [1.29, 1.82) is 0 Å². The summed E-state index contributed by atoms with van der Waals surface area (Å²) < 4.78 is 14.2. The number of hydrogen-bond donors (Lipinski definition) is 3. The van der Waals surface area contributed by atoms with Crippen LogP contribution in [0.4, 0.5) is 10.3 Å². The number of amides is 1. The molecule has 0 spiro atoms. The number of carbonyl (C=O) groups is 1. The standard InChI is InChI=1S/C22H20FN5O2S.C2H6/c1-13(15-10-16(23)12-24-11-15)26-22-27-18-7-9-31-20(18)19(28-22)21(30)25-8-6-14-2-4-17(29)5-3-14;1-2/h2-5,7,9-13,29H,6,8H2,1H3,(H,25,30)(H,26,27,28);1-2H3. The number of fused-ring (bicyclic) bond motifs is 1. The Hall–Kier alpha value is -3.59. The average molecular weight is 468 g/mol. The van der Waals surface area contributed by atoms with E-state index in [1.54, 1.807) is 18.3 Å². The van der Waals surface area contributed by atoms with Gasteiger partial charge in [0.1, 0.15) is 11.6 Å². The van der Waals surface area contributed by atoms with Crippen LogP contribution in [0.1, 0.15) is 48.4 Å². The molecule has 0 radical (unpaired) electrons. The molecule has 4 rings (SSSR count). The van der Waals surface area contributed by atoms with Crippen molar-refractivity contribution >= 4 is 33.4 Å². The number of phenolic OH excluding ortho intramolecular Hbond substituents is 1. The minimum atomic E-state index is -0.422. The quantitative estimate of drug-likeness (QED) is 0.350. The molecular formula is C24H26FN5O2S. The second-order valence-electron chi connectivity index (χ2n) is 7.01. The van der Waals surface area contributed by atoms with E-state index in [4.69, 9.17) is 0 Å². The first-order chi connectivity index (χ1) is 16.0. The van der Waals surface area contributed by atoms with E-state index < -0.39 is 5.82 Å². The molecule has 9 heteroatoms. The highest BCUT2D eigenvalue weighted by molar-refractivity contribution is 7.17. The van der Waals surface area contributed by atoms with Crippen LogP contribution in [0.25, 0.3) is 10.2 Å². The third kappa shape index (κ3) is 6.23. The van der Waals surface area contributed by atoms with Gasteiger partial charge in [-0.1, -0.05) is 26.0 Å². The summed E-state index contributed by atoms with van der Waals surface area (Å²) in [6.07, 6.45) is 3.34. The molecule has 0 aliphatic rings. The molecule has 1 unspecified atom stereocenters. The Morgan fingerprint density at radius 1 is 1.15 bits per heavy atom.